The molecule has 2 heterocycles. The van der Waals surface area contributed by atoms with E-state index < -0.39 is 28.8 Å². The fraction of sp³-hybridized carbons (Fsp3) is 0.481. The molecule has 8 heteroatoms. The minimum atomic E-state index is -0.566. The zero-order valence-corrected chi connectivity index (χ0v) is 21.2. The highest BCUT2D eigenvalue weighted by Crippen LogP contribution is 2.28. The van der Waals surface area contributed by atoms with Gasteiger partial charge in [0, 0.05) is 24.0 Å². The minimum absolute atomic E-state index is 0.00925. The second-order valence-corrected chi connectivity index (χ2v) is 10.7. The van der Waals surface area contributed by atoms with Crippen molar-refractivity contribution in [2.24, 2.45) is 0 Å². The molecule has 1 atom stereocenters. The van der Waals surface area contributed by atoms with Crippen LogP contribution in [0.15, 0.2) is 35.4 Å². The molecule has 1 aliphatic carbocycles. The molecule has 2 amide bonds. The lowest BCUT2D eigenvalue weighted by Crippen LogP contribution is -2.43. The molecule has 1 fully saturated rings. The highest BCUT2D eigenvalue weighted by molar-refractivity contribution is 5.99. The van der Waals surface area contributed by atoms with Crippen molar-refractivity contribution in [1.82, 2.24) is 25.2 Å². The summed E-state index contributed by atoms with van der Waals surface area (Å²) < 4.78 is 1.89. The third-order valence-corrected chi connectivity index (χ3v) is 6.43. The number of hydrogen-bond acceptors (Lipinski definition) is 4. The largest absolute Gasteiger partial charge is 0.349 e. The van der Waals surface area contributed by atoms with Crippen LogP contribution in [0, 0.1) is 6.92 Å². The van der Waals surface area contributed by atoms with Gasteiger partial charge in [0.05, 0.1) is 17.1 Å². The summed E-state index contributed by atoms with van der Waals surface area (Å²) in [7, 11) is 0. The van der Waals surface area contributed by atoms with Crippen LogP contribution in [0.4, 0.5) is 0 Å². The number of nitrogens with zero attached hydrogens (tertiary/aromatic N) is 2. The first-order chi connectivity index (χ1) is 16.5. The van der Waals surface area contributed by atoms with Gasteiger partial charge in [-0.1, -0.05) is 25.3 Å². The highest BCUT2D eigenvalue weighted by atomic mass is 16.2. The zero-order chi connectivity index (χ0) is 25.3. The van der Waals surface area contributed by atoms with Gasteiger partial charge in [-0.3, -0.25) is 14.4 Å². The van der Waals surface area contributed by atoms with Gasteiger partial charge in [-0.05, 0) is 65.2 Å². The van der Waals surface area contributed by atoms with Crippen molar-refractivity contribution in [3.8, 4) is 0 Å². The van der Waals surface area contributed by atoms with Crippen LogP contribution in [0.25, 0.3) is 11.0 Å². The van der Waals surface area contributed by atoms with Crippen LogP contribution >= 0.6 is 0 Å². The molecule has 2 aromatic heterocycles. The number of H-pyrrole nitrogens is 1. The van der Waals surface area contributed by atoms with Gasteiger partial charge in [-0.2, -0.15) is 0 Å². The number of nitrogens with one attached hydrogen (secondary N) is 3. The van der Waals surface area contributed by atoms with E-state index in [1.807, 2.05) is 57.4 Å². The number of aryl methyl sites for hydroxylation is 1. The van der Waals surface area contributed by atoms with Crippen molar-refractivity contribution in [3.05, 3.63) is 63.3 Å². The second kappa shape index (κ2) is 9.68. The smallest absolute Gasteiger partial charge is 0.257 e. The Morgan fingerprint density at radius 2 is 1.74 bits per heavy atom. The molecule has 0 radical (unpaired) electrons. The lowest BCUT2D eigenvalue weighted by Gasteiger charge is -2.26. The topological polar surface area (TPSA) is 109 Å². The van der Waals surface area contributed by atoms with Gasteiger partial charge in [-0.25, -0.2) is 4.98 Å². The van der Waals surface area contributed by atoms with Gasteiger partial charge in [0.25, 0.3) is 11.8 Å². The van der Waals surface area contributed by atoms with Gasteiger partial charge in [-0.15, -0.1) is 0 Å². The number of benzene rings is 1. The number of carbonyl (C=O) groups is 2. The van der Waals surface area contributed by atoms with Gasteiger partial charge >= 0.3 is 0 Å². The van der Waals surface area contributed by atoms with E-state index in [1.165, 1.54) is 6.42 Å². The van der Waals surface area contributed by atoms with Gasteiger partial charge < -0.3 is 20.2 Å². The minimum Gasteiger partial charge on any atom is -0.349 e. The van der Waals surface area contributed by atoms with Crippen LogP contribution in [0.5, 0.6) is 0 Å². The van der Waals surface area contributed by atoms with Crippen molar-refractivity contribution in [2.45, 2.75) is 84.3 Å². The van der Waals surface area contributed by atoms with E-state index in [9.17, 15) is 14.4 Å². The number of amides is 2. The summed E-state index contributed by atoms with van der Waals surface area (Å²) in [6.45, 7) is 9.40. The fourth-order valence-electron chi connectivity index (χ4n) is 4.61. The monoisotopic (exact) mass is 477 g/mol. The van der Waals surface area contributed by atoms with Crippen LogP contribution in [0.2, 0.25) is 0 Å². The maximum atomic E-state index is 13.3. The lowest BCUT2D eigenvalue weighted by atomic mass is 9.95. The molecule has 186 valence electrons. The summed E-state index contributed by atoms with van der Waals surface area (Å²) in [5.41, 5.74) is 1.70. The van der Waals surface area contributed by atoms with Crippen molar-refractivity contribution in [2.75, 3.05) is 0 Å². The third kappa shape index (κ3) is 5.63. The van der Waals surface area contributed by atoms with E-state index in [4.69, 9.17) is 0 Å². The molecule has 0 spiro atoms. The molecule has 1 aliphatic rings. The lowest BCUT2D eigenvalue weighted by molar-refractivity contribution is 0.0917. The van der Waals surface area contributed by atoms with Crippen molar-refractivity contribution in [3.63, 3.8) is 0 Å². The maximum absolute atomic E-state index is 13.3. The first kappa shape index (κ1) is 24.7. The molecular formula is C27H35N5O3. The molecule has 0 bridgehead atoms. The fourth-order valence-corrected chi connectivity index (χ4v) is 4.61. The van der Waals surface area contributed by atoms with E-state index in [0.29, 0.717) is 5.82 Å². The number of aromatic amines is 1. The molecule has 35 heavy (non-hydrogen) atoms. The molecule has 0 saturated heterocycles. The van der Waals surface area contributed by atoms with Gasteiger partial charge in [0.2, 0.25) is 5.43 Å². The summed E-state index contributed by atoms with van der Waals surface area (Å²) in [5.74, 6) is -0.385. The van der Waals surface area contributed by atoms with E-state index in [1.54, 1.807) is 12.4 Å². The van der Waals surface area contributed by atoms with Crippen LogP contribution in [0.3, 0.4) is 0 Å². The van der Waals surface area contributed by atoms with E-state index in [2.05, 4.69) is 20.6 Å². The Labute approximate surface area is 205 Å². The molecular weight excluding hydrogens is 442 g/mol. The number of aromatic nitrogens is 3. The van der Waals surface area contributed by atoms with Crippen molar-refractivity contribution < 1.29 is 9.59 Å². The number of pyridine rings is 1. The maximum Gasteiger partial charge on any atom is 0.257 e. The Bertz CT molecular complexity index is 1310. The van der Waals surface area contributed by atoms with Crippen molar-refractivity contribution in [1.29, 1.82) is 0 Å². The normalized spacial score (nSPS) is 15.7. The molecule has 1 aromatic carbocycles. The van der Waals surface area contributed by atoms with E-state index in [-0.39, 0.29) is 17.2 Å². The second-order valence-electron chi connectivity index (χ2n) is 10.7. The average molecular weight is 478 g/mol. The molecule has 1 saturated carbocycles. The van der Waals surface area contributed by atoms with Crippen LogP contribution < -0.4 is 16.1 Å². The zero-order valence-electron chi connectivity index (χ0n) is 21.2. The number of hydrogen-bond donors (Lipinski definition) is 3. The van der Waals surface area contributed by atoms with Crippen LogP contribution in [-0.4, -0.2) is 31.9 Å². The van der Waals surface area contributed by atoms with Gasteiger partial charge in [0.15, 0.2) is 0 Å². The number of carbonyl (C=O) groups excluding carboxylic acids is 2. The summed E-state index contributed by atoms with van der Waals surface area (Å²) in [6, 6.07) is 5.62. The first-order valence-corrected chi connectivity index (χ1v) is 12.4. The average Bonchev–Trinajstić information content (AvgIpc) is 3.22. The Balaban J connectivity index is 1.66. The summed E-state index contributed by atoms with van der Waals surface area (Å²) in [5, 5.41) is 5.76. The quantitative estimate of drug-likeness (QED) is 0.501. The predicted octanol–water partition coefficient (Wildman–Crippen LogP) is 4.56. The molecule has 8 nitrogen and oxygen atoms in total. The SMILES string of the molecule is Cc1ccc2nc([C@@H](C)NC(=O)c3cn(C4CCCCC4)cc(C(=O)NC(C)(C)C)c3=O)[nH]c2c1. The van der Waals surface area contributed by atoms with E-state index >= 15 is 0 Å². The van der Waals surface area contributed by atoms with Crippen molar-refractivity contribution >= 4 is 22.8 Å². The Hall–Kier alpha value is -3.42. The molecule has 0 aliphatic heterocycles. The molecule has 3 aromatic rings. The van der Waals surface area contributed by atoms with Gasteiger partial charge in [0.1, 0.15) is 17.0 Å². The molecule has 3 N–H and O–H groups in total. The molecule has 0 unspecified atom stereocenters. The Kier molecular flexibility index (Phi) is 6.83. The molecule has 4 rings (SSSR count). The summed E-state index contributed by atoms with van der Waals surface area (Å²) in [6.07, 6.45) is 8.49. The number of rotatable bonds is 5. The van der Waals surface area contributed by atoms with Crippen LogP contribution in [-0.2, 0) is 0 Å². The number of fused-ring (bicyclic) bond motifs is 1. The summed E-state index contributed by atoms with van der Waals surface area (Å²) in [4.78, 5) is 47.5. The highest BCUT2D eigenvalue weighted by Gasteiger charge is 2.26. The Morgan fingerprint density at radius 1 is 1.09 bits per heavy atom. The third-order valence-electron chi connectivity index (χ3n) is 6.43. The first-order valence-electron chi connectivity index (χ1n) is 12.4. The Morgan fingerprint density at radius 3 is 2.40 bits per heavy atom. The number of imidazole rings is 1. The standard InChI is InChI=1S/C27H35N5O3/c1-16-11-12-21-22(13-16)30-24(29-21)17(2)28-25(34)19-14-32(18-9-7-6-8-10-18)15-20(23(19)33)26(35)31-27(3,4)5/h11-15,17-18H,6-10H2,1-5H3,(H,28,34)(H,29,30)(H,31,35)/t17-/m1/s1. The summed E-state index contributed by atoms with van der Waals surface area (Å²) >= 11 is 0. The van der Waals surface area contributed by atoms with Crippen LogP contribution in [0.1, 0.15) is 104 Å². The predicted molar refractivity (Wildman–Crippen MR) is 137 cm³/mol. The van der Waals surface area contributed by atoms with E-state index in [0.717, 1.165) is 42.3 Å².